The molecule has 88 valence electrons. The average Bonchev–Trinajstić information content (AvgIpc) is 2.25. The van der Waals surface area contributed by atoms with Gasteiger partial charge in [0.1, 0.15) is 5.75 Å². The third-order valence-corrected chi connectivity index (χ3v) is 2.65. The second kappa shape index (κ2) is 5.90. The van der Waals surface area contributed by atoms with Crippen molar-refractivity contribution < 1.29 is 9.53 Å². The van der Waals surface area contributed by atoms with Crippen molar-refractivity contribution in [2.45, 2.75) is 26.7 Å². The number of halogens is 1. The Morgan fingerprint density at radius 3 is 2.69 bits per heavy atom. The molecule has 1 aromatic carbocycles. The van der Waals surface area contributed by atoms with E-state index < -0.39 is 0 Å². The van der Waals surface area contributed by atoms with E-state index in [1.807, 2.05) is 0 Å². The van der Waals surface area contributed by atoms with E-state index in [2.05, 4.69) is 13.8 Å². The molecule has 0 aromatic heterocycles. The standard InChI is InChI=1S/C13H17ClO2/c1-9(2)4-6-12(15)11-8-10(14)5-7-13(11)16-3/h5,7-9H,4,6H2,1-3H3. The summed E-state index contributed by atoms with van der Waals surface area (Å²) in [6.45, 7) is 4.20. The molecule has 0 fully saturated rings. The topological polar surface area (TPSA) is 26.3 Å². The van der Waals surface area contributed by atoms with E-state index in [0.717, 1.165) is 6.42 Å². The monoisotopic (exact) mass is 240 g/mol. The van der Waals surface area contributed by atoms with E-state index in [9.17, 15) is 4.79 Å². The van der Waals surface area contributed by atoms with Gasteiger partial charge in [-0.3, -0.25) is 4.79 Å². The molecule has 0 aliphatic heterocycles. The molecule has 0 saturated carbocycles. The number of hydrogen-bond donors (Lipinski definition) is 0. The second-order valence-electron chi connectivity index (χ2n) is 4.20. The van der Waals surface area contributed by atoms with Gasteiger partial charge in [-0.2, -0.15) is 0 Å². The lowest BCUT2D eigenvalue weighted by Crippen LogP contribution is -2.03. The Balaban J connectivity index is 2.84. The average molecular weight is 241 g/mol. The molecule has 0 saturated heterocycles. The van der Waals surface area contributed by atoms with Gasteiger partial charge >= 0.3 is 0 Å². The molecule has 0 bridgehead atoms. The summed E-state index contributed by atoms with van der Waals surface area (Å²) in [5.74, 6) is 1.21. The van der Waals surface area contributed by atoms with Crippen LogP contribution in [-0.4, -0.2) is 12.9 Å². The van der Waals surface area contributed by atoms with Gasteiger partial charge < -0.3 is 4.74 Å². The van der Waals surface area contributed by atoms with Gasteiger partial charge in [-0.1, -0.05) is 25.4 Å². The molecule has 0 aliphatic rings. The summed E-state index contributed by atoms with van der Waals surface area (Å²) in [5.41, 5.74) is 0.579. The predicted molar refractivity (Wildman–Crippen MR) is 66.4 cm³/mol. The summed E-state index contributed by atoms with van der Waals surface area (Å²) in [6, 6.07) is 5.12. The maximum atomic E-state index is 11.9. The fourth-order valence-electron chi connectivity index (χ4n) is 1.45. The number of benzene rings is 1. The highest BCUT2D eigenvalue weighted by Crippen LogP contribution is 2.24. The zero-order valence-corrected chi connectivity index (χ0v) is 10.7. The number of methoxy groups -OCH3 is 1. The number of carbonyl (C=O) groups is 1. The molecule has 1 aromatic rings. The maximum absolute atomic E-state index is 11.9. The number of hydrogen-bond acceptors (Lipinski definition) is 2. The summed E-state index contributed by atoms with van der Waals surface area (Å²) in [7, 11) is 1.56. The minimum Gasteiger partial charge on any atom is -0.496 e. The van der Waals surface area contributed by atoms with Crippen LogP contribution >= 0.6 is 11.6 Å². The Morgan fingerprint density at radius 1 is 1.44 bits per heavy atom. The first-order chi connectivity index (χ1) is 7.54. The van der Waals surface area contributed by atoms with Crippen LogP contribution in [0.3, 0.4) is 0 Å². The molecule has 0 spiro atoms. The minimum absolute atomic E-state index is 0.0908. The zero-order valence-electron chi connectivity index (χ0n) is 9.92. The lowest BCUT2D eigenvalue weighted by Gasteiger charge is -2.09. The smallest absolute Gasteiger partial charge is 0.166 e. The van der Waals surface area contributed by atoms with Gasteiger partial charge in [-0.15, -0.1) is 0 Å². The maximum Gasteiger partial charge on any atom is 0.166 e. The molecule has 2 nitrogen and oxygen atoms in total. The van der Waals surface area contributed by atoms with Crippen LogP contribution in [0.15, 0.2) is 18.2 Å². The first kappa shape index (κ1) is 13.0. The number of ketones is 1. The molecule has 3 heteroatoms. The van der Waals surface area contributed by atoms with Crippen molar-refractivity contribution >= 4 is 17.4 Å². The summed E-state index contributed by atoms with van der Waals surface area (Å²) in [4.78, 5) is 11.9. The Hall–Kier alpha value is -1.02. The Labute approximate surface area is 102 Å². The Morgan fingerprint density at radius 2 is 2.12 bits per heavy atom. The second-order valence-corrected chi connectivity index (χ2v) is 4.64. The number of Topliss-reactive ketones (excluding diaryl/α,β-unsaturated/α-hetero) is 1. The molecule has 1 rings (SSSR count). The summed E-state index contributed by atoms with van der Waals surface area (Å²) >= 11 is 5.87. The lowest BCUT2D eigenvalue weighted by atomic mass is 10.0. The van der Waals surface area contributed by atoms with Crippen molar-refractivity contribution in [3.63, 3.8) is 0 Å². The molecule has 0 radical (unpaired) electrons. The van der Waals surface area contributed by atoms with Gasteiger partial charge in [0.25, 0.3) is 0 Å². The third kappa shape index (κ3) is 3.53. The van der Waals surface area contributed by atoms with Crippen LogP contribution in [0.2, 0.25) is 5.02 Å². The Bertz CT molecular complexity index is 372. The predicted octanol–water partition coefficient (Wildman–Crippen LogP) is 3.97. The van der Waals surface area contributed by atoms with Gasteiger partial charge in [0.2, 0.25) is 0 Å². The molecule has 0 aliphatic carbocycles. The van der Waals surface area contributed by atoms with Crippen LogP contribution < -0.4 is 4.74 Å². The van der Waals surface area contributed by atoms with E-state index >= 15 is 0 Å². The van der Waals surface area contributed by atoms with E-state index in [-0.39, 0.29) is 5.78 Å². The van der Waals surface area contributed by atoms with Crippen LogP contribution in [-0.2, 0) is 0 Å². The molecule has 16 heavy (non-hydrogen) atoms. The van der Waals surface area contributed by atoms with E-state index in [4.69, 9.17) is 16.3 Å². The summed E-state index contributed by atoms with van der Waals surface area (Å²) < 4.78 is 5.15. The molecule has 0 atom stereocenters. The first-order valence-electron chi connectivity index (χ1n) is 5.41. The van der Waals surface area contributed by atoms with Gasteiger partial charge in [0, 0.05) is 11.4 Å². The van der Waals surface area contributed by atoms with Crippen LogP contribution in [0.4, 0.5) is 0 Å². The van der Waals surface area contributed by atoms with E-state index in [0.29, 0.717) is 28.7 Å². The van der Waals surface area contributed by atoms with Crippen LogP contribution in [0.5, 0.6) is 5.75 Å². The fourth-order valence-corrected chi connectivity index (χ4v) is 1.62. The van der Waals surface area contributed by atoms with E-state index in [1.54, 1.807) is 25.3 Å². The van der Waals surface area contributed by atoms with Crippen molar-refractivity contribution in [2.75, 3.05) is 7.11 Å². The van der Waals surface area contributed by atoms with Crippen LogP contribution in [0.25, 0.3) is 0 Å². The number of ether oxygens (including phenoxy) is 1. The summed E-state index contributed by atoms with van der Waals surface area (Å²) in [6.07, 6.45) is 1.42. The van der Waals surface area contributed by atoms with Crippen molar-refractivity contribution in [1.82, 2.24) is 0 Å². The number of carbonyl (C=O) groups excluding carboxylic acids is 1. The molecule has 0 amide bonds. The quantitative estimate of drug-likeness (QED) is 0.728. The number of rotatable bonds is 5. The zero-order chi connectivity index (χ0) is 12.1. The highest BCUT2D eigenvalue weighted by Gasteiger charge is 2.13. The lowest BCUT2D eigenvalue weighted by molar-refractivity contribution is 0.0972. The largest absolute Gasteiger partial charge is 0.496 e. The molecule has 0 N–H and O–H groups in total. The molecular weight excluding hydrogens is 224 g/mol. The van der Waals surface area contributed by atoms with E-state index in [1.165, 1.54) is 0 Å². The van der Waals surface area contributed by atoms with Gasteiger partial charge in [0.05, 0.1) is 12.7 Å². The third-order valence-electron chi connectivity index (χ3n) is 2.41. The van der Waals surface area contributed by atoms with Gasteiger partial charge in [-0.25, -0.2) is 0 Å². The highest BCUT2D eigenvalue weighted by molar-refractivity contribution is 6.31. The SMILES string of the molecule is COc1ccc(Cl)cc1C(=O)CCC(C)C. The van der Waals surface area contributed by atoms with Crippen molar-refractivity contribution in [3.8, 4) is 5.75 Å². The summed E-state index contributed by atoms with van der Waals surface area (Å²) in [5, 5.41) is 0.564. The van der Waals surface area contributed by atoms with Crippen molar-refractivity contribution in [1.29, 1.82) is 0 Å². The van der Waals surface area contributed by atoms with Gasteiger partial charge in [0.15, 0.2) is 5.78 Å². The van der Waals surface area contributed by atoms with Crippen molar-refractivity contribution in [3.05, 3.63) is 28.8 Å². The van der Waals surface area contributed by atoms with Gasteiger partial charge in [-0.05, 0) is 30.5 Å². The molecular formula is C13H17ClO2. The minimum atomic E-state index is 0.0908. The normalized spacial score (nSPS) is 10.6. The molecule has 0 heterocycles. The van der Waals surface area contributed by atoms with Crippen LogP contribution in [0.1, 0.15) is 37.0 Å². The first-order valence-corrected chi connectivity index (χ1v) is 5.79. The molecule has 0 unspecified atom stereocenters. The highest BCUT2D eigenvalue weighted by atomic mass is 35.5. The Kier molecular flexibility index (Phi) is 4.81. The van der Waals surface area contributed by atoms with Crippen molar-refractivity contribution in [2.24, 2.45) is 5.92 Å². The fraction of sp³-hybridized carbons (Fsp3) is 0.462. The van der Waals surface area contributed by atoms with Crippen LogP contribution in [0, 0.1) is 5.92 Å².